The Kier molecular flexibility index (Phi) is 4.60. The summed E-state index contributed by atoms with van der Waals surface area (Å²) in [4.78, 5) is 23.0. The fraction of sp³-hybridized carbons (Fsp3) is 0.444. The number of carbonyl (C=O) groups excluding carboxylic acids is 1. The summed E-state index contributed by atoms with van der Waals surface area (Å²) in [5.41, 5.74) is 1.55. The fourth-order valence-electron chi connectivity index (χ4n) is 3.04. The van der Waals surface area contributed by atoms with Gasteiger partial charge in [-0.1, -0.05) is 31.7 Å². The van der Waals surface area contributed by atoms with Gasteiger partial charge < -0.3 is 0 Å². The molecular weight excluding hydrogens is 352 g/mol. The molecule has 4 rings (SSSR count). The van der Waals surface area contributed by atoms with Crippen molar-refractivity contribution < 1.29 is 4.79 Å². The van der Waals surface area contributed by atoms with Crippen molar-refractivity contribution in [3.63, 3.8) is 0 Å². The van der Waals surface area contributed by atoms with Gasteiger partial charge in [-0.25, -0.2) is 9.50 Å². The van der Waals surface area contributed by atoms with Crippen LogP contribution in [0.5, 0.6) is 0 Å². The Morgan fingerprint density at radius 1 is 1.36 bits per heavy atom. The van der Waals surface area contributed by atoms with Crippen LogP contribution >= 0.6 is 23.1 Å². The third kappa shape index (κ3) is 3.48. The third-order valence-electron chi connectivity index (χ3n) is 4.43. The standard InChI is InChI=1S/C18H20N4OS2/c1-11(2)5-7-25-18-20-17-19-14-8-12(16-4-3-6-24-16)9-15(23)13(14)10-22(17)21-18/h3-4,6,10-12H,5,7-9H2,1-2H3/t12-/m0/s1. The topological polar surface area (TPSA) is 60.1 Å². The van der Waals surface area contributed by atoms with E-state index in [-0.39, 0.29) is 11.7 Å². The first-order chi connectivity index (χ1) is 12.1. The number of ketones is 1. The molecule has 0 aliphatic heterocycles. The monoisotopic (exact) mass is 372 g/mol. The number of thioether (sulfide) groups is 1. The highest BCUT2D eigenvalue weighted by Gasteiger charge is 2.29. The van der Waals surface area contributed by atoms with Gasteiger partial charge in [0.15, 0.2) is 5.78 Å². The van der Waals surface area contributed by atoms with Crippen molar-refractivity contribution in [2.24, 2.45) is 5.92 Å². The van der Waals surface area contributed by atoms with E-state index in [1.807, 2.05) is 12.3 Å². The van der Waals surface area contributed by atoms with Gasteiger partial charge in [-0.15, -0.1) is 16.4 Å². The summed E-state index contributed by atoms with van der Waals surface area (Å²) in [6.07, 6.45) is 4.28. The Balaban J connectivity index is 1.60. The lowest BCUT2D eigenvalue weighted by Crippen LogP contribution is -2.20. The molecule has 0 aromatic carbocycles. The van der Waals surface area contributed by atoms with E-state index < -0.39 is 0 Å². The maximum Gasteiger partial charge on any atom is 0.253 e. The van der Waals surface area contributed by atoms with Crippen LogP contribution in [-0.4, -0.2) is 31.1 Å². The minimum Gasteiger partial charge on any atom is -0.294 e. The molecule has 0 saturated carbocycles. The predicted molar refractivity (Wildman–Crippen MR) is 101 cm³/mol. The number of carbonyl (C=O) groups is 1. The predicted octanol–water partition coefficient (Wildman–Crippen LogP) is 4.24. The highest BCUT2D eigenvalue weighted by molar-refractivity contribution is 7.99. The van der Waals surface area contributed by atoms with Crippen molar-refractivity contribution in [1.82, 2.24) is 19.6 Å². The summed E-state index contributed by atoms with van der Waals surface area (Å²) in [6.45, 7) is 4.42. The van der Waals surface area contributed by atoms with Crippen molar-refractivity contribution >= 4 is 34.7 Å². The van der Waals surface area contributed by atoms with E-state index in [0.717, 1.165) is 29.4 Å². The normalized spacial score (nSPS) is 17.4. The van der Waals surface area contributed by atoms with Gasteiger partial charge >= 0.3 is 0 Å². The van der Waals surface area contributed by atoms with Gasteiger partial charge in [0.05, 0.1) is 11.3 Å². The lowest BCUT2D eigenvalue weighted by molar-refractivity contribution is 0.0963. The molecule has 0 radical (unpaired) electrons. The number of thiophene rings is 1. The lowest BCUT2D eigenvalue weighted by atomic mass is 9.86. The Morgan fingerprint density at radius 2 is 2.24 bits per heavy atom. The summed E-state index contributed by atoms with van der Waals surface area (Å²) >= 11 is 3.36. The summed E-state index contributed by atoms with van der Waals surface area (Å²) in [7, 11) is 0. The molecule has 1 aliphatic rings. The van der Waals surface area contributed by atoms with E-state index in [1.54, 1.807) is 27.6 Å². The second-order valence-electron chi connectivity index (χ2n) is 6.81. The molecule has 0 unspecified atom stereocenters. The Morgan fingerprint density at radius 3 is 3.00 bits per heavy atom. The van der Waals surface area contributed by atoms with Crippen LogP contribution in [0.1, 0.15) is 53.5 Å². The number of hydrogen-bond donors (Lipinski definition) is 0. The zero-order valence-corrected chi connectivity index (χ0v) is 15.9. The molecule has 1 atom stereocenters. The van der Waals surface area contributed by atoms with Crippen molar-refractivity contribution in [1.29, 1.82) is 0 Å². The quantitative estimate of drug-likeness (QED) is 0.627. The van der Waals surface area contributed by atoms with Crippen LogP contribution < -0.4 is 0 Å². The Labute approximate surface area is 154 Å². The maximum absolute atomic E-state index is 12.6. The van der Waals surface area contributed by atoms with E-state index >= 15 is 0 Å². The molecule has 1 aliphatic carbocycles. The number of rotatable bonds is 5. The SMILES string of the molecule is CC(C)CCSc1nc2nc3c(cn2n1)C(=O)C[C@@H](c1cccs1)C3. The molecule has 0 bridgehead atoms. The highest BCUT2D eigenvalue weighted by atomic mass is 32.2. The van der Waals surface area contributed by atoms with Gasteiger partial charge in [0.2, 0.25) is 5.16 Å². The summed E-state index contributed by atoms with van der Waals surface area (Å²) in [6, 6.07) is 4.14. The minimum atomic E-state index is 0.151. The first-order valence-corrected chi connectivity index (χ1v) is 10.4. The summed E-state index contributed by atoms with van der Waals surface area (Å²) < 4.78 is 1.65. The number of aromatic nitrogens is 4. The van der Waals surface area contributed by atoms with Crippen LogP contribution in [0.4, 0.5) is 0 Å². The maximum atomic E-state index is 12.6. The van der Waals surface area contributed by atoms with Crippen LogP contribution in [0.2, 0.25) is 0 Å². The third-order valence-corrected chi connectivity index (χ3v) is 6.34. The molecule has 7 heteroatoms. The van der Waals surface area contributed by atoms with Gasteiger partial charge in [0.25, 0.3) is 5.78 Å². The van der Waals surface area contributed by atoms with Crippen LogP contribution in [0.25, 0.3) is 5.78 Å². The number of fused-ring (bicyclic) bond motifs is 2. The average Bonchev–Trinajstić information content (AvgIpc) is 3.21. The van der Waals surface area contributed by atoms with Crippen LogP contribution in [-0.2, 0) is 6.42 Å². The van der Waals surface area contributed by atoms with E-state index in [4.69, 9.17) is 0 Å². The van der Waals surface area contributed by atoms with Crippen LogP contribution in [0, 0.1) is 5.92 Å². The largest absolute Gasteiger partial charge is 0.294 e. The fourth-order valence-corrected chi connectivity index (χ4v) is 4.93. The molecule has 0 fully saturated rings. The number of nitrogens with zero attached hydrogens (tertiary/aromatic N) is 4. The molecule has 0 saturated heterocycles. The van der Waals surface area contributed by atoms with Gasteiger partial charge in [-0.05, 0) is 30.2 Å². The van der Waals surface area contributed by atoms with E-state index in [0.29, 0.717) is 23.7 Å². The smallest absolute Gasteiger partial charge is 0.253 e. The van der Waals surface area contributed by atoms with E-state index in [9.17, 15) is 4.79 Å². The Bertz CT molecular complexity index is 901. The van der Waals surface area contributed by atoms with Crippen molar-refractivity contribution in [3.05, 3.63) is 39.8 Å². The molecule has 0 N–H and O–H groups in total. The number of Topliss-reactive ketones (excluding diaryl/α,β-unsaturated/α-hetero) is 1. The summed E-state index contributed by atoms with van der Waals surface area (Å²) in [5.74, 6) is 2.64. The summed E-state index contributed by atoms with van der Waals surface area (Å²) in [5, 5.41) is 7.27. The molecule has 3 aromatic heterocycles. The van der Waals surface area contributed by atoms with Gasteiger partial charge in [-0.3, -0.25) is 4.79 Å². The molecular formula is C18H20N4OS2. The van der Waals surface area contributed by atoms with Crippen molar-refractivity contribution in [2.75, 3.05) is 5.75 Å². The highest BCUT2D eigenvalue weighted by Crippen LogP contribution is 2.34. The molecule has 3 heterocycles. The van der Waals surface area contributed by atoms with Crippen molar-refractivity contribution in [3.8, 4) is 0 Å². The molecule has 130 valence electrons. The van der Waals surface area contributed by atoms with Gasteiger partial charge in [0, 0.05) is 29.2 Å². The zero-order valence-electron chi connectivity index (χ0n) is 14.3. The zero-order chi connectivity index (χ0) is 17.4. The molecule has 25 heavy (non-hydrogen) atoms. The van der Waals surface area contributed by atoms with Gasteiger partial charge in [0.1, 0.15) is 0 Å². The molecule has 0 amide bonds. The second-order valence-corrected chi connectivity index (χ2v) is 8.86. The van der Waals surface area contributed by atoms with Gasteiger partial charge in [-0.2, -0.15) is 4.98 Å². The number of hydrogen-bond acceptors (Lipinski definition) is 6. The molecule has 3 aromatic rings. The molecule has 5 nitrogen and oxygen atoms in total. The van der Waals surface area contributed by atoms with E-state index in [2.05, 4.69) is 40.4 Å². The minimum absolute atomic E-state index is 0.151. The Hall–Kier alpha value is -1.73. The first-order valence-electron chi connectivity index (χ1n) is 8.56. The average molecular weight is 373 g/mol. The molecule has 0 spiro atoms. The van der Waals surface area contributed by atoms with E-state index in [1.165, 1.54) is 4.88 Å². The van der Waals surface area contributed by atoms with Crippen LogP contribution in [0.15, 0.2) is 28.9 Å². The lowest BCUT2D eigenvalue weighted by Gasteiger charge is -2.21. The van der Waals surface area contributed by atoms with Crippen molar-refractivity contribution in [2.45, 2.75) is 44.2 Å². The second kappa shape index (κ2) is 6.88. The first kappa shape index (κ1) is 16.7. The van der Waals surface area contributed by atoms with Crippen LogP contribution in [0.3, 0.4) is 0 Å².